The summed E-state index contributed by atoms with van der Waals surface area (Å²) < 4.78 is 6.00. The first kappa shape index (κ1) is 14.1. The summed E-state index contributed by atoms with van der Waals surface area (Å²) in [5, 5.41) is -0.0115. The van der Waals surface area contributed by atoms with Gasteiger partial charge < -0.3 is 4.74 Å². The molecule has 3 unspecified atom stereocenters. The predicted molar refractivity (Wildman–Crippen MR) is 74.1 cm³/mol. The van der Waals surface area contributed by atoms with Crippen LogP contribution < -0.4 is 0 Å². The summed E-state index contributed by atoms with van der Waals surface area (Å²) in [6.07, 6.45) is 19.7. The Morgan fingerprint density at radius 1 is 1.53 bits per heavy atom. The molecule has 1 aliphatic heterocycles. The maximum absolute atomic E-state index is 6.34. The van der Waals surface area contributed by atoms with Crippen LogP contribution in [0, 0.1) is 12.3 Å². The fourth-order valence-electron chi connectivity index (χ4n) is 1.69. The van der Waals surface area contributed by atoms with Crippen LogP contribution >= 0.6 is 11.6 Å². The Morgan fingerprint density at radius 3 is 3.06 bits per heavy atom. The molecular formula is C15H19ClO. The number of terminal acetylenes is 1. The van der Waals surface area contributed by atoms with Gasteiger partial charge in [0.2, 0.25) is 0 Å². The van der Waals surface area contributed by atoms with Gasteiger partial charge in [0.05, 0.1) is 17.6 Å². The van der Waals surface area contributed by atoms with Gasteiger partial charge in [-0.05, 0) is 25.3 Å². The molecule has 0 N–H and O–H groups in total. The molecule has 0 aromatic carbocycles. The van der Waals surface area contributed by atoms with E-state index in [1.165, 1.54) is 0 Å². The van der Waals surface area contributed by atoms with E-state index in [4.69, 9.17) is 22.8 Å². The van der Waals surface area contributed by atoms with Crippen molar-refractivity contribution in [2.75, 3.05) is 0 Å². The molecule has 0 bridgehead atoms. The minimum atomic E-state index is -0.0115. The summed E-state index contributed by atoms with van der Waals surface area (Å²) in [5.41, 5.74) is 0. The third-order valence-corrected chi connectivity index (χ3v) is 3.13. The molecule has 0 spiro atoms. The zero-order chi connectivity index (χ0) is 12.5. The molecule has 1 nitrogen and oxygen atoms in total. The molecule has 0 aromatic heterocycles. The second-order valence-electron chi connectivity index (χ2n) is 3.99. The summed E-state index contributed by atoms with van der Waals surface area (Å²) in [5.74, 6) is 2.48. The first-order valence-electron chi connectivity index (χ1n) is 6.02. The molecule has 0 amide bonds. The Bertz CT molecular complexity index is 335. The van der Waals surface area contributed by atoms with E-state index in [9.17, 15) is 0 Å². The summed E-state index contributed by atoms with van der Waals surface area (Å²) in [6, 6.07) is 0. The van der Waals surface area contributed by atoms with E-state index < -0.39 is 0 Å². The van der Waals surface area contributed by atoms with E-state index >= 15 is 0 Å². The molecule has 1 aliphatic rings. The first-order chi connectivity index (χ1) is 8.27. The second kappa shape index (κ2) is 8.17. The molecule has 1 heterocycles. The van der Waals surface area contributed by atoms with Gasteiger partial charge in [-0.2, -0.15) is 0 Å². The monoisotopic (exact) mass is 250 g/mol. The topological polar surface area (TPSA) is 9.23 Å². The highest BCUT2D eigenvalue weighted by molar-refractivity contribution is 6.21. The Morgan fingerprint density at radius 2 is 2.35 bits per heavy atom. The van der Waals surface area contributed by atoms with E-state index in [1.54, 1.807) is 6.08 Å². The highest BCUT2D eigenvalue weighted by atomic mass is 35.5. The standard InChI is InChI=1S/C15H19ClO/c1-3-5-7-12-15-14(16)11-9-6-8-10-13(4-2)17-15/h1,5-10,13-15H,4,11-12H2,2H3/b7-5+,9-6-,10-8+. The molecule has 0 aliphatic carbocycles. The lowest BCUT2D eigenvalue weighted by Crippen LogP contribution is -2.28. The van der Waals surface area contributed by atoms with Crippen molar-refractivity contribution in [1.29, 1.82) is 0 Å². The highest BCUT2D eigenvalue weighted by Crippen LogP contribution is 2.20. The lowest BCUT2D eigenvalue weighted by Gasteiger charge is -2.24. The van der Waals surface area contributed by atoms with Gasteiger partial charge in [-0.3, -0.25) is 0 Å². The molecule has 0 aromatic rings. The van der Waals surface area contributed by atoms with E-state index in [2.05, 4.69) is 25.0 Å². The molecule has 1 rings (SSSR count). The predicted octanol–water partition coefficient (Wildman–Crippen LogP) is 3.85. The molecule has 17 heavy (non-hydrogen) atoms. The number of hydrogen-bond donors (Lipinski definition) is 0. The Hall–Kier alpha value is -0.970. The lowest BCUT2D eigenvalue weighted by molar-refractivity contribution is 0.0119. The van der Waals surface area contributed by atoms with E-state index in [-0.39, 0.29) is 17.6 Å². The molecule has 0 saturated carbocycles. The van der Waals surface area contributed by atoms with Gasteiger partial charge in [-0.15, -0.1) is 18.0 Å². The minimum Gasteiger partial charge on any atom is -0.369 e. The minimum absolute atomic E-state index is 0.0115. The summed E-state index contributed by atoms with van der Waals surface area (Å²) >= 11 is 6.34. The van der Waals surface area contributed by atoms with Gasteiger partial charge >= 0.3 is 0 Å². The summed E-state index contributed by atoms with van der Waals surface area (Å²) in [4.78, 5) is 0. The fraction of sp³-hybridized carbons (Fsp3) is 0.467. The van der Waals surface area contributed by atoms with Crippen LogP contribution in [0.3, 0.4) is 0 Å². The Labute approximate surface area is 109 Å². The zero-order valence-corrected chi connectivity index (χ0v) is 10.9. The molecule has 2 heteroatoms. The van der Waals surface area contributed by atoms with Crippen molar-refractivity contribution < 1.29 is 4.74 Å². The maximum atomic E-state index is 6.34. The van der Waals surface area contributed by atoms with Crippen LogP contribution in [-0.4, -0.2) is 17.6 Å². The van der Waals surface area contributed by atoms with Crippen molar-refractivity contribution in [3.63, 3.8) is 0 Å². The average Bonchev–Trinajstić information content (AvgIpc) is 2.42. The molecule has 92 valence electrons. The molecule has 0 fully saturated rings. The smallest absolute Gasteiger partial charge is 0.0784 e. The third-order valence-electron chi connectivity index (χ3n) is 2.67. The van der Waals surface area contributed by atoms with Crippen molar-refractivity contribution in [3.05, 3.63) is 36.5 Å². The number of ether oxygens (including phenoxy) is 1. The van der Waals surface area contributed by atoms with Crippen LogP contribution in [0.1, 0.15) is 26.2 Å². The highest BCUT2D eigenvalue weighted by Gasteiger charge is 2.21. The fourth-order valence-corrected chi connectivity index (χ4v) is 1.95. The van der Waals surface area contributed by atoms with Gasteiger partial charge in [-0.1, -0.05) is 43.2 Å². The van der Waals surface area contributed by atoms with Crippen LogP contribution in [0.5, 0.6) is 0 Å². The maximum Gasteiger partial charge on any atom is 0.0784 e. The van der Waals surface area contributed by atoms with Crippen molar-refractivity contribution in [2.24, 2.45) is 0 Å². The number of allylic oxidation sites excluding steroid dienone is 4. The zero-order valence-electron chi connectivity index (χ0n) is 10.2. The van der Waals surface area contributed by atoms with Crippen molar-refractivity contribution >= 4 is 11.6 Å². The van der Waals surface area contributed by atoms with Gasteiger partial charge in [-0.25, -0.2) is 0 Å². The van der Waals surface area contributed by atoms with Gasteiger partial charge in [0.25, 0.3) is 0 Å². The van der Waals surface area contributed by atoms with Crippen molar-refractivity contribution in [3.8, 4) is 12.3 Å². The quantitative estimate of drug-likeness (QED) is 0.546. The van der Waals surface area contributed by atoms with Gasteiger partial charge in [0.1, 0.15) is 0 Å². The number of hydrogen-bond acceptors (Lipinski definition) is 1. The van der Waals surface area contributed by atoms with Crippen molar-refractivity contribution in [1.82, 2.24) is 0 Å². The number of rotatable bonds is 3. The second-order valence-corrected chi connectivity index (χ2v) is 4.55. The largest absolute Gasteiger partial charge is 0.369 e. The van der Waals surface area contributed by atoms with Crippen LogP contribution in [0.4, 0.5) is 0 Å². The number of alkyl halides is 1. The Balaban J connectivity index is 2.68. The van der Waals surface area contributed by atoms with Gasteiger partial charge in [0.15, 0.2) is 0 Å². The van der Waals surface area contributed by atoms with Gasteiger partial charge in [0, 0.05) is 0 Å². The Kier molecular flexibility index (Phi) is 6.77. The molecule has 0 radical (unpaired) electrons. The van der Waals surface area contributed by atoms with Crippen LogP contribution in [0.25, 0.3) is 0 Å². The first-order valence-corrected chi connectivity index (χ1v) is 6.45. The van der Waals surface area contributed by atoms with Crippen LogP contribution in [0.2, 0.25) is 0 Å². The molecule has 3 atom stereocenters. The molecule has 0 saturated heterocycles. The third kappa shape index (κ3) is 5.26. The van der Waals surface area contributed by atoms with E-state index in [0.717, 1.165) is 19.3 Å². The number of halogens is 1. The normalized spacial score (nSPS) is 33.4. The summed E-state index contributed by atoms with van der Waals surface area (Å²) in [6.45, 7) is 2.11. The summed E-state index contributed by atoms with van der Waals surface area (Å²) in [7, 11) is 0. The SMILES string of the molecule is C#C/C=C/CC1OC(CC)/C=C/C=C\CC1Cl. The average molecular weight is 251 g/mol. The van der Waals surface area contributed by atoms with E-state index in [0.29, 0.717) is 0 Å². The molecular weight excluding hydrogens is 232 g/mol. The van der Waals surface area contributed by atoms with Crippen LogP contribution in [0.15, 0.2) is 36.5 Å². The lowest BCUT2D eigenvalue weighted by atomic mass is 10.1. The van der Waals surface area contributed by atoms with E-state index in [1.807, 2.05) is 18.2 Å². The van der Waals surface area contributed by atoms with Crippen LogP contribution in [-0.2, 0) is 4.74 Å². The van der Waals surface area contributed by atoms with Crippen molar-refractivity contribution in [2.45, 2.75) is 43.8 Å².